The van der Waals surface area contributed by atoms with Crippen LogP contribution in [0.3, 0.4) is 0 Å². The zero-order valence-corrected chi connectivity index (χ0v) is 7.03. The van der Waals surface area contributed by atoms with Crippen LogP contribution in [0.25, 0.3) is 0 Å². The second-order valence-electron chi connectivity index (χ2n) is 3.73. The van der Waals surface area contributed by atoms with Crippen molar-refractivity contribution in [3.05, 3.63) is 0 Å². The average Bonchev–Trinajstić information content (AvgIpc) is 2.56. The lowest BCUT2D eigenvalue weighted by molar-refractivity contribution is 0.104. The van der Waals surface area contributed by atoms with E-state index in [4.69, 9.17) is 4.74 Å². The molecule has 11 heavy (non-hydrogen) atoms. The van der Waals surface area contributed by atoms with Crippen molar-refractivity contribution < 1.29 is 9.84 Å². The number of fused-ring (bicyclic) bond motifs is 1. The number of likely N-dealkylation sites (tertiary alicyclic amines) is 1. The molecule has 0 aromatic carbocycles. The van der Waals surface area contributed by atoms with Crippen LogP contribution in [-0.4, -0.2) is 48.0 Å². The number of hydrogen-bond donors (Lipinski definition) is 1. The van der Waals surface area contributed by atoms with Gasteiger partial charge in [-0.05, 0) is 20.4 Å². The second kappa shape index (κ2) is 2.44. The Kier molecular flexibility index (Phi) is 1.67. The fraction of sp³-hybridized carbons (Fsp3) is 1.00. The maximum Gasteiger partial charge on any atom is 0.101 e. The van der Waals surface area contributed by atoms with Gasteiger partial charge in [-0.2, -0.15) is 0 Å². The van der Waals surface area contributed by atoms with Gasteiger partial charge in [0.2, 0.25) is 0 Å². The first kappa shape index (κ1) is 7.53. The molecule has 2 rings (SSSR count). The molecule has 0 aliphatic carbocycles. The molecule has 2 fully saturated rings. The normalized spacial score (nSPS) is 45.5. The number of morpholine rings is 1. The summed E-state index contributed by atoms with van der Waals surface area (Å²) < 4.78 is 5.38. The largest absolute Gasteiger partial charge is 0.393 e. The van der Waals surface area contributed by atoms with Crippen molar-refractivity contribution in [3.8, 4) is 0 Å². The third-order valence-corrected chi connectivity index (χ3v) is 2.62. The van der Waals surface area contributed by atoms with Gasteiger partial charge in [0, 0.05) is 12.6 Å². The van der Waals surface area contributed by atoms with E-state index in [-0.39, 0.29) is 6.10 Å². The van der Waals surface area contributed by atoms with Crippen LogP contribution in [-0.2, 0) is 4.74 Å². The summed E-state index contributed by atoms with van der Waals surface area (Å²) in [6.45, 7) is 2.88. The van der Waals surface area contributed by atoms with Gasteiger partial charge in [-0.1, -0.05) is 0 Å². The summed E-state index contributed by atoms with van der Waals surface area (Å²) in [5, 5.41) is 9.18. The minimum Gasteiger partial charge on any atom is -0.393 e. The Morgan fingerprint density at radius 1 is 1.73 bits per heavy atom. The van der Waals surface area contributed by atoms with Crippen LogP contribution in [0, 0.1) is 0 Å². The van der Waals surface area contributed by atoms with Crippen LogP contribution in [0.2, 0.25) is 0 Å². The summed E-state index contributed by atoms with van der Waals surface area (Å²) in [6, 6.07) is 0.458. The molecule has 0 bridgehead atoms. The van der Waals surface area contributed by atoms with E-state index in [0.29, 0.717) is 18.2 Å². The fourth-order valence-electron chi connectivity index (χ4n) is 1.98. The van der Waals surface area contributed by atoms with E-state index in [1.165, 1.54) is 0 Å². The standard InChI is InChI=1S/C8H15NO2/c1-5(10)3-6-8-7(11-8)4-9(6)2/h5-8,10H,3-4H2,1-2H3/t5-,6?,7+,8?/m0/s1. The highest BCUT2D eigenvalue weighted by Crippen LogP contribution is 2.37. The molecule has 4 atom stereocenters. The van der Waals surface area contributed by atoms with Crippen LogP contribution in [0.1, 0.15) is 13.3 Å². The van der Waals surface area contributed by atoms with Gasteiger partial charge in [0.05, 0.1) is 12.2 Å². The quantitative estimate of drug-likeness (QED) is 0.566. The molecule has 64 valence electrons. The number of aliphatic hydroxyl groups excluding tert-OH is 1. The topological polar surface area (TPSA) is 36.0 Å². The number of hydrogen-bond acceptors (Lipinski definition) is 3. The molecule has 0 aromatic heterocycles. The number of likely N-dealkylation sites (N-methyl/N-ethyl adjacent to an activating group) is 1. The van der Waals surface area contributed by atoms with Gasteiger partial charge in [-0.25, -0.2) is 0 Å². The monoisotopic (exact) mass is 157 g/mol. The predicted molar refractivity (Wildman–Crippen MR) is 41.4 cm³/mol. The van der Waals surface area contributed by atoms with Crippen molar-refractivity contribution >= 4 is 0 Å². The van der Waals surface area contributed by atoms with Gasteiger partial charge in [0.15, 0.2) is 0 Å². The molecule has 0 saturated carbocycles. The van der Waals surface area contributed by atoms with Gasteiger partial charge < -0.3 is 9.84 Å². The van der Waals surface area contributed by atoms with Crippen molar-refractivity contribution in [2.24, 2.45) is 0 Å². The summed E-state index contributed by atoms with van der Waals surface area (Å²) >= 11 is 0. The van der Waals surface area contributed by atoms with E-state index in [2.05, 4.69) is 11.9 Å². The third kappa shape index (κ3) is 1.28. The van der Waals surface area contributed by atoms with E-state index in [0.717, 1.165) is 13.0 Å². The van der Waals surface area contributed by atoms with Crippen LogP contribution in [0.4, 0.5) is 0 Å². The number of epoxide rings is 1. The van der Waals surface area contributed by atoms with Gasteiger partial charge in [-0.15, -0.1) is 0 Å². The van der Waals surface area contributed by atoms with Crippen molar-refractivity contribution in [2.75, 3.05) is 13.6 Å². The van der Waals surface area contributed by atoms with Gasteiger partial charge in [0.1, 0.15) is 6.10 Å². The highest BCUT2D eigenvalue weighted by atomic mass is 16.6. The van der Waals surface area contributed by atoms with Crippen LogP contribution < -0.4 is 0 Å². The van der Waals surface area contributed by atoms with Crippen molar-refractivity contribution in [3.63, 3.8) is 0 Å². The number of nitrogens with zero attached hydrogens (tertiary/aromatic N) is 1. The minimum absolute atomic E-state index is 0.203. The lowest BCUT2D eigenvalue weighted by Gasteiger charge is -2.22. The van der Waals surface area contributed by atoms with Crippen molar-refractivity contribution in [1.29, 1.82) is 0 Å². The summed E-state index contributed by atoms with van der Waals surface area (Å²) in [5.41, 5.74) is 0. The first-order chi connectivity index (χ1) is 5.18. The fourth-order valence-corrected chi connectivity index (χ4v) is 1.98. The molecule has 2 unspecified atom stereocenters. The van der Waals surface area contributed by atoms with Crippen LogP contribution >= 0.6 is 0 Å². The average molecular weight is 157 g/mol. The summed E-state index contributed by atoms with van der Waals surface area (Å²) in [5.74, 6) is 0. The maximum absolute atomic E-state index is 9.18. The SMILES string of the molecule is C[C@H](O)CC1C2O[C@@H]2CN1C. The zero-order chi connectivity index (χ0) is 8.01. The molecule has 2 saturated heterocycles. The molecule has 0 spiro atoms. The van der Waals surface area contributed by atoms with Crippen molar-refractivity contribution in [2.45, 2.75) is 37.7 Å². The molecule has 2 aliphatic heterocycles. The number of rotatable bonds is 2. The second-order valence-corrected chi connectivity index (χ2v) is 3.73. The molecule has 2 heterocycles. The van der Waals surface area contributed by atoms with Gasteiger partial charge in [0.25, 0.3) is 0 Å². The molecule has 0 aromatic rings. The predicted octanol–water partition coefficient (Wildman–Crippen LogP) is -0.161. The van der Waals surface area contributed by atoms with Crippen LogP contribution in [0.5, 0.6) is 0 Å². The smallest absolute Gasteiger partial charge is 0.101 e. The molecule has 2 aliphatic rings. The Morgan fingerprint density at radius 2 is 2.45 bits per heavy atom. The maximum atomic E-state index is 9.18. The summed E-state index contributed by atoms with van der Waals surface area (Å²) in [4.78, 5) is 2.28. The van der Waals surface area contributed by atoms with Crippen molar-refractivity contribution in [1.82, 2.24) is 4.90 Å². The number of aliphatic hydroxyl groups is 1. The van der Waals surface area contributed by atoms with Gasteiger partial charge >= 0.3 is 0 Å². The number of ether oxygens (including phenoxy) is 1. The molecule has 0 radical (unpaired) electrons. The lowest BCUT2D eigenvalue weighted by atomic mass is 10.1. The Hall–Kier alpha value is -0.120. The van der Waals surface area contributed by atoms with E-state index >= 15 is 0 Å². The Bertz CT molecular complexity index is 158. The van der Waals surface area contributed by atoms with E-state index in [9.17, 15) is 5.11 Å². The first-order valence-corrected chi connectivity index (χ1v) is 4.22. The molecular weight excluding hydrogens is 142 g/mol. The molecular formula is C8H15NO2. The third-order valence-electron chi connectivity index (χ3n) is 2.62. The molecule has 3 nitrogen and oxygen atoms in total. The zero-order valence-electron chi connectivity index (χ0n) is 7.03. The minimum atomic E-state index is -0.203. The van der Waals surface area contributed by atoms with Crippen LogP contribution in [0.15, 0.2) is 0 Å². The highest BCUT2D eigenvalue weighted by molar-refractivity contribution is 5.03. The Balaban J connectivity index is 1.91. The van der Waals surface area contributed by atoms with E-state index < -0.39 is 0 Å². The summed E-state index contributed by atoms with van der Waals surface area (Å²) in [7, 11) is 2.10. The Morgan fingerprint density at radius 3 is 2.91 bits per heavy atom. The molecule has 1 N–H and O–H groups in total. The van der Waals surface area contributed by atoms with E-state index in [1.807, 2.05) is 6.92 Å². The molecule has 3 heteroatoms. The highest BCUT2D eigenvalue weighted by Gasteiger charge is 2.53. The summed E-state index contributed by atoms with van der Waals surface area (Å²) in [6.07, 6.45) is 1.54. The molecule has 0 amide bonds. The van der Waals surface area contributed by atoms with Gasteiger partial charge in [-0.3, -0.25) is 4.90 Å². The Labute approximate surface area is 66.9 Å². The van der Waals surface area contributed by atoms with E-state index in [1.54, 1.807) is 0 Å². The lowest BCUT2D eigenvalue weighted by Crippen LogP contribution is -2.33. The first-order valence-electron chi connectivity index (χ1n) is 4.22.